The first-order chi connectivity index (χ1) is 12.5. The molecule has 0 saturated carbocycles. The molecule has 2 aromatic carbocycles. The number of benzene rings is 2. The summed E-state index contributed by atoms with van der Waals surface area (Å²) < 4.78 is 5.91. The van der Waals surface area contributed by atoms with Gasteiger partial charge in [0.15, 0.2) is 5.96 Å². The van der Waals surface area contributed by atoms with Crippen LogP contribution in [0.15, 0.2) is 47.5 Å². The maximum absolute atomic E-state index is 12.2. The summed E-state index contributed by atoms with van der Waals surface area (Å²) in [6.45, 7) is 6.88. The molecule has 0 saturated heterocycles. The topological polar surface area (TPSA) is 88.7 Å². The lowest BCUT2D eigenvalue weighted by Gasteiger charge is -2.16. The second-order valence-electron chi connectivity index (χ2n) is 6.00. The number of nitrogens with two attached hydrogens (primary N) is 1. The lowest BCUT2D eigenvalue weighted by Crippen LogP contribution is -2.40. The fraction of sp³-hybridized carbons (Fsp3) is 0.300. The van der Waals surface area contributed by atoms with E-state index in [1.807, 2.05) is 63.2 Å². The lowest BCUT2D eigenvalue weighted by molar-refractivity contribution is 0.256. The van der Waals surface area contributed by atoms with Gasteiger partial charge in [0.2, 0.25) is 0 Å². The van der Waals surface area contributed by atoms with Crippen molar-refractivity contribution in [3.05, 3.63) is 59.2 Å². The van der Waals surface area contributed by atoms with Gasteiger partial charge in [-0.05, 0) is 37.5 Å². The Morgan fingerprint density at radius 1 is 1.15 bits per heavy atom. The number of carbonyl (C=O) groups is 1. The molecule has 0 radical (unpaired) electrons. The van der Waals surface area contributed by atoms with Crippen molar-refractivity contribution in [1.29, 1.82) is 0 Å². The molecule has 0 unspecified atom stereocenters. The van der Waals surface area contributed by atoms with E-state index >= 15 is 0 Å². The molecule has 138 valence electrons. The Kier molecular flexibility index (Phi) is 7.02. The van der Waals surface area contributed by atoms with Crippen molar-refractivity contribution in [3.8, 4) is 5.75 Å². The van der Waals surface area contributed by atoms with Gasteiger partial charge in [0.1, 0.15) is 12.4 Å². The first kappa shape index (κ1) is 19.3. The highest BCUT2D eigenvalue weighted by Gasteiger charge is 2.12. The third-order valence-electron chi connectivity index (χ3n) is 3.85. The maximum atomic E-state index is 12.2. The van der Waals surface area contributed by atoms with Gasteiger partial charge in [-0.2, -0.15) is 0 Å². The molecule has 0 aliphatic rings. The van der Waals surface area contributed by atoms with Crippen molar-refractivity contribution < 1.29 is 9.53 Å². The van der Waals surface area contributed by atoms with E-state index in [2.05, 4.69) is 15.6 Å². The van der Waals surface area contributed by atoms with Gasteiger partial charge in [0, 0.05) is 12.1 Å². The summed E-state index contributed by atoms with van der Waals surface area (Å²) in [4.78, 5) is 16.2. The monoisotopic (exact) mass is 354 g/mol. The van der Waals surface area contributed by atoms with Crippen LogP contribution in [0.25, 0.3) is 0 Å². The number of aryl methyl sites for hydroxylation is 1. The van der Waals surface area contributed by atoms with Gasteiger partial charge in [0.25, 0.3) is 0 Å². The van der Waals surface area contributed by atoms with Gasteiger partial charge in [-0.25, -0.2) is 4.79 Å². The maximum Gasteiger partial charge on any atom is 0.326 e. The van der Waals surface area contributed by atoms with Crippen LogP contribution < -0.4 is 21.1 Å². The molecule has 6 nitrogen and oxygen atoms in total. The van der Waals surface area contributed by atoms with Gasteiger partial charge in [-0.1, -0.05) is 43.3 Å². The summed E-state index contributed by atoms with van der Waals surface area (Å²) in [6.07, 6.45) is 0.864. The van der Waals surface area contributed by atoms with Crippen LogP contribution in [0.3, 0.4) is 0 Å². The van der Waals surface area contributed by atoms with E-state index in [9.17, 15) is 4.79 Å². The van der Waals surface area contributed by atoms with Crippen molar-refractivity contribution in [1.82, 2.24) is 5.32 Å². The third-order valence-corrected chi connectivity index (χ3v) is 3.85. The molecule has 26 heavy (non-hydrogen) atoms. The number of nitrogens with one attached hydrogen (secondary N) is 2. The minimum atomic E-state index is -0.422. The summed E-state index contributed by atoms with van der Waals surface area (Å²) in [5, 5.41) is 5.37. The van der Waals surface area contributed by atoms with Crippen molar-refractivity contribution in [3.63, 3.8) is 0 Å². The number of nitrogens with zero attached hydrogens (tertiary/aromatic N) is 1. The highest BCUT2D eigenvalue weighted by atomic mass is 16.5. The zero-order valence-corrected chi connectivity index (χ0v) is 15.5. The van der Waals surface area contributed by atoms with E-state index in [1.165, 1.54) is 0 Å². The molecule has 4 N–H and O–H groups in total. The molecule has 0 aromatic heterocycles. The largest absolute Gasteiger partial charge is 0.489 e. The van der Waals surface area contributed by atoms with Crippen LogP contribution in [0.5, 0.6) is 5.75 Å². The second kappa shape index (κ2) is 9.46. The summed E-state index contributed by atoms with van der Waals surface area (Å²) in [6, 6.07) is 13.3. The van der Waals surface area contributed by atoms with Crippen LogP contribution in [0.1, 0.15) is 30.0 Å². The van der Waals surface area contributed by atoms with E-state index in [0.29, 0.717) is 18.8 Å². The second-order valence-corrected chi connectivity index (χ2v) is 6.00. The molecular formula is C20H26N4O2. The molecule has 6 heteroatoms. The van der Waals surface area contributed by atoms with Gasteiger partial charge in [-0.3, -0.25) is 10.3 Å². The highest BCUT2D eigenvalue weighted by Crippen LogP contribution is 2.29. The zero-order valence-electron chi connectivity index (χ0n) is 15.5. The number of rotatable bonds is 6. The van der Waals surface area contributed by atoms with Gasteiger partial charge < -0.3 is 15.8 Å². The van der Waals surface area contributed by atoms with E-state index < -0.39 is 6.03 Å². The number of carbonyl (C=O) groups excluding carboxylic acids is 1. The lowest BCUT2D eigenvalue weighted by atomic mass is 10.1. The first-order valence-electron chi connectivity index (χ1n) is 8.66. The van der Waals surface area contributed by atoms with Crippen LogP contribution in [0.2, 0.25) is 0 Å². The number of aliphatic imine (C=N–C) groups is 1. The summed E-state index contributed by atoms with van der Waals surface area (Å²) >= 11 is 0. The standard InChI is InChI=1S/C20H26N4O2/c1-4-12-22-19(21)24-20(25)23-18-14(2)10-11-17(15(18)3)26-13-16-8-6-5-7-9-16/h5-11H,4,12-13H2,1-3H3,(H4,21,22,23,24,25). The number of hydrogen-bond acceptors (Lipinski definition) is 3. The van der Waals surface area contributed by atoms with Crippen LogP contribution in [-0.4, -0.2) is 18.5 Å². The Labute approximate surface area is 154 Å². The summed E-state index contributed by atoms with van der Waals surface area (Å²) in [5.74, 6) is 0.832. The first-order valence-corrected chi connectivity index (χ1v) is 8.66. The summed E-state index contributed by atoms with van der Waals surface area (Å²) in [5.41, 5.74) is 9.27. The van der Waals surface area contributed by atoms with Crippen LogP contribution in [-0.2, 0) is 6.61 Å². The molecular weight excluding hydrogens is 328 g/mol. The van der Waals surface area contributed by atoms with Crippen molar-refractivity contribution in [2.75, 3.05) is 11.9 Å². The van der Waals surface area contributed by atoms with Gasteiger partial charge in [-0.15, -0.1) is 0 Å². The number of guanidine groups is 1. The normalized spacial score (nSPS) is 11.1. The molecule has 0 fully saturated rings. The minimum absolute atomic E-state index is 0.108. The Balaban J connectivity index is 2.07. The summed E-state index contributed by atoms with van der Waals surface area (Å²) in [7, 11) is 0. The Morgan fingerprint density at radius 2 is 1.88 bits per heavy atom. The van der Waals surface area contributed by atoms with Crippen LogP contribution in [0.4, 0.5) is 10.5 Å². The fourth-order valence-corrected chi connectivity index (χ4v) is 2.44. The van der Waals surface area contributed by atoms with E-state index in [0.717, 1.165) is 28.9 Å². The average molecular weight is 354 g/mol. The van der Waals surface area contributed by atoms with Crippen LogP contribution in [0, 0.1) is 13.8 Å². The smallest absolute Gasteiger partial charge is 0.326 e. The molecule has 0 spiro atoms. The fourth-order valence-electron chi connectivity index (χ4n) is 2.44. The average Bonchev–Trinajstić information content (AvgIpc) is 2.63. The van der Waals surface area contributed by atoms with Crippen molar-refractivity contribution in [2.24, 2.45) is 10.7 Å². The molecule has 2 aromatic rings. The molecule has 0 aliphatic heterocycles. The Morgan fingerprint density at radius 3 is 2.58 bits per heavy atom. The quantitative estimate of drug-likeness (QED) is 0.545. The SMILES string of the molecule is CCCN=C(N)NC(=O)Nc1c(C)ccc(OCc2ccccc2)c1C. The Bertz CT molecular complexity index is 773. The molecule has 0 heterocycles. The molecule has 0 bridgehead atoms. The molecule has 2 amide bonds. The van der Waals surface area contributed by atoms with E-state index in [4.69, 9.17) is 10.5 Å². The predicted molar refractivity (Wildman–Crippen MR) is 106 cm³/mol. The van der Waals surface area contributed by atoms with E-state index in [1.54, 1.807) is 0 Å². The third kappa shape index (κ3) is 5.51. The molecule has 0 atom stereocenters. The van der Waals surface area contributed by atoms with Crippen molar-refractivity contribution >= 4 is 17.7 Å². The number of hydrogen-bond donors (Lipinski definition) is 3. The highest BCUT2D eigenvalue weighted by molar-refractivity contribution is 6.02. The van der Waals surface area contributed by atoms with Crippen LogP contribution >= 0.6 is 0 Å². The number of urea groups is 1. The predicted octanol–water partition coefficient (Wildman–Crippen LogP) is 3.73. The van der Waals surface area contributed by atoms with Crippen molar-refractivity contribution in [2.45, 2.75) is 33.8 Å². The number of anilines is 1. The molecule has 2 rings (SSSR count). The zero-order chi connectivity index (χ0) is 18.9. The Hall–Kier alpha value is -3.02. The molecule has 0 aliphatic carbocycles. The van der Waals surface area contributed by atoms with Gasteiger partial charge >= 0.3 is 6.03 Å². The van der Waals surface area contributed by atoms with E-state index in [-0.39, 0.29) is 5.96 Å². The number of ether oxygens (including phenoxy) is 1. The number of amides is 2. The van der Waals surface area contributed by atoms with Gasteiger partial charge in [0.05, 0.1) is 5.69 Å². The minimum Gasteiger partial charge on any atom is -0.489 e.